The number of carbonyl (C=O) groups is 2. The fourth-order valence-corrected chi connectivity index (χ4v) is 5.05. The molecule has 7 nitrogen and oxygen atoms in total. The summed E-state index contributed by atoms with van der Waals surface area (Å²) in [7, 11) is 0. The average Bonchev–Trinajstić information content (AvgIpc) is 3.38. The van der Waals surface area contributed by atoms with Crippen molar-refractivity contribution >= 4 is 23.0 Å². The van der Waals surface area contributed by atoms with Crippen molar-refractivity contribution in [1.29, 1.82) is 0 Å². The highest BCUT2D eigenvalue weighted by atomic mass is 19.4. The van der Waals surface area contributed by atoms with Crippen molar-refractivity contribution in [3.8, 4) is 0 Å². The molecule has 1 saturated carbocycles. The molecule has 15 heteroatoms. The Morgan fingerprint density at radius 2 is 1.74 bits per heavy atom. The summed E-state index contributed by atoms with van der Waals surface area (Å²) in [5.41, 5.74) is -0.327. The number of carbonyl (C=O) groups excluding carboxylic acids is 2. The van der Waals surface area contributed by atoms with Gasteiger partial charge >= 0.3 is 12.3 Å². The van der Waals surface area contributed by atoms with E-state index in [9.17, 15) is 40.3 Å². The highest BCUT2D eigenvalue weighted by molar-refractivity contribution is 5.86. The minimum absolute atomic E-state index is 0.0166. The molecule has 0 radical (unpaired) electrons. The van der Waals surface area contributed by atoms with E-state index in [1.807, 2.05) is 0 Å². The second-order valence-corrected chi connectivity index (χ2v) is 10.4. The highest BCUT2D eigenvalue weighted by Crippen LogP contribution is 2.41. The number of imidazole rings is 1. The van der Waals surface area contributed by atoms with Crippen LogP contribution >= 0.6 is 0 Å². The normalized spacial score (nSPS) is 17.0. The minimum atomic E-state index is -4.82. The van der Waals surface area contributed by atoms with E-state index in [-0.39, 0.29) is 30.8 Å². The zero-order valence-electron chi connectivity index (χ0n) is 22.5. The zero-order valence-corrected chi connectivity index (χ0v) is 22.5. The van der Waals surface area contributed by atoms with Gasteiger partial charge in [-0.25, -0.2) is 31.7 Å². The largest absolute Gasteiger partial charge is 0.445 e. The predicted octanol–water partition coefficient (Wildman–Crippen LogP) is 6.91. The van der Waals surface area contributed by atoms with Gasteiger partial charge in [0.1, 0.15) is 24.5 Å². The van der Waals surface area contributed by atoms with Crippen LogP contribution in [0.15, 0.2) is 42.5 Å². The first-order chi connectivity index (χ1) is 20.2. The van der Waals surface area contributed by atoms with E-state index in [0.717, 1.165) is 6.07 Å². The molecule has 2 atom stereocenters. The number of amides is 2. The molecule has 1 aliphatic rings. The zero-order chi connectivity index (χ0) is 31.4. The molecule has 4 rings (SSSR count). The third-order valence-electron chi connectivity index (χ3n) is 7.22. The van der Waals surface area contributed by atoms with Crippen molar-refractivity contribution in [3.63, 3.8) is 0 Å². The molecule has 2 amide bonds. The summed E-state index contributed by atoms with van der Waals surface area (Å²) in [4.78, 5) is 32.1. The number of halogens is 8. The van der Waals surface area contributed by atoms with Crippen LogP contribution in [0.2, 0.25) is 0 Å². The number of nitrogens with one attached hydrogen (secondary N) is 3. The van der Waals surface area contributed by atoms with E-state index >= 15 is 4.39 Å². The SMILES string of the molecule is O=C(NC(c1nc2c(F)c(C(CC(F)F)C(=O)NCC(F)(F)F)ccc2[nH]1)C1CCC(F)(F)CC1)OCc1ccccc1. The molecule has 0 saturated heterocycles. The van der Waals surface area contributed by atoms with Crippen LogP contribution in [0, 0.1) is 11.7 Å². The van der Waals surface area contributed by atoms with Gasteiger partial charge < -0.3 is 20.4 Å². The lowest BCUT2D eigenvalue weighted by Gasteiger charge is -2.33. The average molecular weight is 621 g/mol. The van der Waals surface area contributed by atoms with Gasteiger partial charge in [0.25, 0.3) is 0 Å². The van der Waals surface area contributed by atoms with E-state index in [0.29, 0.717) is 5.56 Å². The van der Waals surface area contributed by atoms with Crippen LogP contribution in [-0.2, 0) is 16.1 Å². The second-order valence-electron chi connectivity index (χ2n) is 10.4. The molecule has 1 fully saturated rings. The van der Waals surface area contributed by atoms with Crippen LogP contribution in [0.5, 0.6) is 0 Å². The molecule has 0 spiro atoms. The van der Waals surface area contributed by atoms with Crippen LogP contribution < -0.4 is 10.6 Å². The van der Waals surface area contributed by atoms with Gasteiger partial charge in [0.05, 0.1) is 17.5 Å². The Balaban J connectivity index is 1.62. The van der Waals surface area contributed by atoms with Gasteiger partial charge in [0, 0.05) is 24.8 Å². The number of benzene rings is 2. The van der Waals surface area contributed by atoms with Crippen molar-refractivity contribution in [3.05, 3.63) is 65.2 Å². The molecule has 2 unspecified atom stereocenters. The molecule has 1 heterocycles. The van der Waals surface area contributed by atoms with Gasteiger partial charge in [-0.1, -0.05) is 36.4 Å². The van der Waals surface area contributed by atoms with Gasteiger partial charge in [-0.15, -0.1) is 0 Å². The lowest BCUT2D eigenvalue weighted by atomic mass is 9.82. The molecular formula is C28H28F8N4O3. The number of aromatic nitrogens is 2. The molecule has 2 aromatic carbocycles. The van der Waals surface area contributed by atoms with E-state index < -0.39 is 91.1 Å². The van der Waals surface area contributed by atoms with Crippen LogP contribution in [0.4, 0.5) is 39.9 Å². The summed E-state index contributed by atoms with van der Waals surface area (Å²) in [5, 5.41) is 4.11. The van der Waals surface area contributed by atoms with E-state index in [1.165, 1.54) is 11.4 Å². The Labute approximate surface area is 240 Å². The van der Waals surface area contributed by atoms with Crippen molar-refractivity contribution in [1.82, 2.24) is 20.6 Å². The minimum Gasteiger partial charge on any atom is -0.445 e. The van der Waals surface area contributed by atoms with Crippen molar-refractivity contribution < 1.29 is 49.4 Å². The molecule has 43 heavy (non-hydrogen) atoms. The first kappa shape index (κ1) is 32.0. The van der Waals surface area contributed by atoms with E-state index in [4.69, 9.17) is 4.74 Å². The summed E-state index contributed by atoms with van der Waals surface area (Å²) >= 11 is 0. The lowest BCUT2D eigenvalue weighted by molar-refractivity contribution is -0.139. The van der Waals surface area contributed by atoms with E-state index in [2.05, 4.69) is 15.3 Å². The van der Waals surface area contributed by atoms with Gasteiger partial charge in [0.15, 0.2) is 5.82 Å². The van der Waals surface area contributed by atoms with Crippen LogP contribution in [0.25, 0.3) is 11.0 Å². The molecular weight excluding hydrogens is 592 g/mol. The highest BCUT2D eigenvalue weighted by Gasteiger charge is 2.40. The summed E-state index contributed by atoms with van der Waals surface area (Å²) < 4.78 is 113. The molecule has 3 N–H and O–H groups in total. The number of nitrogens with zero attached hydrogens (tertiary/aromatic N) is 1. The smallest absolute Gasteiger partial charge is 0.408 e. The number of rotatable bonds is 10. The van der Waals surface area contributed by atoms with Crippen LogP contribution in [0.3, 0.4) is 0 Å². The molecule has 1 aromatic heterocycles. The summed E-state index contributed by atoms with van der Waals surface area (Å²) in [6.45, 7) is -1.89. The van der Waals surface area contributed by atoms with Crippen LogP contribution in [-0.4, -0.2) is 47.0 Å². The van der Waals surface area contributed by atoms with Gasteiger partial charge in [-0.3, -0.25) is 4.79 Å². The maximum atomic E-state index is 15.7. The first-order valence-electron chi connectivity index (χ1n) is 13.4. The summed E-state index contributed by atoms with van der Waals surface area (Å²) in [6, 6.07) is 9.85. The fourth-order valence-electron chi connectivity index (χ4n) is 5.05. The number of H-pyrrole nitrogens is 1. The number of fused-ring (bicyclic) bond motifs is 1. The Bertz CT molecular complexity index is 1400. The van der Waals surface area contributed by atoms with Crippen molar-refractivity contribution in [2.24, 2.45) is 5.92 Å². The third-order valence-corrected chi connectivity index (χ3v) is 7.22. The molecule has 0 aliphatic heterocycles. The third kappa shape index (κ3) is 8.57. The first-order valence-corrected chi connectivity index (χ1v) is 13.4. The number of aromatic amines is 1. The summed E-state index contributed by atoms with van der Waals surface area (Å²) in [6.07, 6.45) is -11.1. The molecule has 1 aliphatic carbocycles. The van der Waals surface area contributed by atoms with Gasteiger partial charge in [-0.05, 0) is 30.4 Å². The predicted molar refractivity (Wildman–Crippen MR) is 138 cm³/mol. The second kappa shape index (κ2) is 13.2. The topological polar surface area (TPSA) is 96.1 Å². The van der Waals surface area contributed by atoms with Gasteiger partial charge in [0.2, 0.25) is 18.3 Å². The van der Waals surface area contributed by atoms with Gasteiger partial charge in [-0.2, -0.15) is 13.2 Å². The fraction of sp³-hybridized carbons (Fsp3) is 0.464. The van der Waals surface area contributed by atoms with E-state index in [1.54, 1.807) is 30.3 Å². The Morgan fingerprint density at radius 3 is 2.37 bits per heavy atom. The van der Waals surface area contributed by atoms with Crippen molar-refractivity contribution in [2.45, 2.75) is 69.2 Å². The number of hydrogen-bond donors (Lipinski definition) is 3. The monoisotopic (exact) mass is 620 g/mol. The molecule has 0 bridgehead atoms. The van der Waals surface area contributed by atoms with Crippen molar-refractivity contribution in [2.75, 3.05) is 6.54 Å². The summed E-state index contributed by atoms with van der Waals surface area (Å²) in [5.74, 6) is -8.13. The maximum Gasteiger partial charge on any atom is 0.408 e. The standard InChI is InChI=1S/C28H28F8N4O3/c29-20(30)12-18(25(41)37-14-28(34,35)36)17-6-7-19-23(21(17)31)39-24(38-19)22(16-8-10-27(32,33)11-9-16)40-26(42)43-13-15-4-2-1-3-5-15/h1-7,16,18,20,22H,8-14H2,(H,37,41)(H,38,39)(H,40,42). The van der Waals surface area contributed by atoms with Crippen LogP contribution in [0.1, 0.15) is 61.0 Å². The number of hydrogen-bond acceptors (Lipinski definition) is 4. The Morgan fingerprint density at radius 1 is 1.07 bits per heavy atom. The Kier molecular flexibility index (Phi) is 9.80. The lowest BCUT2D eigenvalue weighted by Crippen LogP contribution is -2.38. The Hall–Kier alpha value is -3.91. The quantitative estimate of drug-likeness (QED) is 0.215. The number of ether oxygens (including phenoxy) is 1. The number of alkyl halides is 7. The molecule has 3 aromatic rings. The number of alkyl carbamates (subject to hydrolysis) is 1. The molecule has 234 valence electrons. The maximum absolute atomic E-state index is 15.7.